The zero-order valence-corrected chi connectivity index (χ0v) is 11.6. The van der Waals surface area contributed by atoms with Crippen molar-refractivity contribution in [2.45, 2.75) is 25.8 Å². The molecular weight excluding hydrogens is 216 g/mol. The topological polar surface area (TPSA) is 33.7 Å². The largest absolute Gasteiger partial charge is 0.383 e. The van der Waals surface area contributed by atoms with Crippen LogP contribution in [0.25, 0.3) is 0 Å². The Hall–Kier alpha value is -0.160. The van der Waals surface area contributed by atoms with E-state index in [9.17, 15) is 0 Å². The average molecular weight is 244 g/mol. The maximum atomic E-state index is 5.50. The second-order valence-electron chi connectivity index (χ2n) is 4.94. The molecule has 2 unspecified atom stereocenters. The molecule has 17 heavy (non-hydrogen) atoms. The third-order valence-electron chi connectivity index (χ3n) is 3.38. The number of ether oxygens (including phenoxy) is 2. The molecule has 4 nitrogen and oxygen atoms in total. The lowest BCUT2D eigenvalue weighted by atomic mass is 9.98. The van der Waals surface area contributed by atoms with Gasteiger partial charge in [0.05, 0.1) is 13.2 Å². The number of hydrogen-bond acceptors (Lipinski definition) is 4. The Balaban J connectivity index is 2.33. The van der Waals surface area contributed by atoms with Gasteiger partial charge in [0.15, 0.2) is 0 Å². The van der Waals surface area contributed by atoms with Gasteiger partial charge in [0, 0.05) is 38.8 Å². The van der Waals surface area contributed by atoms with Crippen LogP contribution in [0.15, 0.2) is 0 Å². The minimum Gasteiger partial charge on any atom is -0.383 e. The van der Waals surface area contributed by atoms with Gasteiger partial charge in [0.1, 0.15) is 0 Å². The molecule has 1 N–H and O–H groups in total. The van der Waals surface area contributed by atoms with Crippen LogP contribution in [0.4, 0.5) is 0 Å². The first-order valence-corrected chi connectivity index (χ1v) is 6.76. The predicted octanol–water partition coefficient (Wildman–Crippen LogP) is 0.969. The van der Waals surface area contributed by atoms with Gasteiger partial charge in [-0.15, -0.1) is 0 Å². The first-order valence-electron chi connectivity index (χ1n) is 6.76. The zero-order valence-electron chi connectivity index (χ0n) is 11.6. The van der Waals surface area contributed by atoms with E-state index >= 15 is 0 Å². The summed E-state index contributed by atoms with van der Waals surface area (Å²) in [6.45, 7) is 8.03. The molecule has 1 aliphatic heterocycles. The summed E-state index contributed by atoms with van der Waals surface area (Å²) in [4.78, 5) is 2.34. The lowest BCUT2D eigenvalue weighted by Crippen LogP contribution is -2.45. The van der Waals surface area contributed by atoms with Gasteiger partial charge < -0.3 is 19.7 Å². The van der Waals surface area contributed by atoms with Gasteiger partial charge in [-0.05, 0) is 26.4 Å². The van der Waals surface area contributed by atoms with E-state index in [0.29, 0.717) is 12.0 Å². The Morgan fingerprint density at radius 1 is 1.53 bits per heavy atom. The van der Waals surface area contributed by atoms with Crippen LogP contribution in [-0.4, -0.2) is 64.6 Å². The summed E-state index contributed by atoms with van der Waals surface area (Å²) >= 11 is 0. The Bertz CT molecular complexity index is 184. The number of nitrogens with one attached hydrogen (secondary N) is 1. The Morgan fingerprint density at radius 3 is 2.94 bits per heavy atom. The van der Waals surface area contributed by atoms with E-state index in [1.54, 1.807) is 7.11 Å². The van der Waals surface area contributed by atoms with E-state index in [1.165, 1.54) is 12.8 Å². The van der Waals surface area contributed by atoms with Crippen molar-refractivity contribution in [2.75, 3.05) is 53.6 Å². The van der Waals surface area contributed by atoms with Crippen LogP contribution in [-0.2, 0) is 9.47 Å². The molecule has 4 heteroatoms. The highest BCUT2D eigenvalue weighted by atomic mass is 16.5. The number of nitrogens with zero attached hydrogens (tertiary/aromatic N) is 1. The van der Waals surface area contributed by atoms with Gasteiger partial charge in [-0.25, -0.2) is 0 Å². The van der Waals surface area contributed by atoms with Crippen molar-refractivity contribution in [1.82, 2.24) is 10.2 Å². The van der Waals surface area contributed by atoms with E-state index in [2.05, 4.69) is 24.2 Å². The van der Waals surface area contributed by atoms with Crippen LogP contribution in [0.5, 0.6) is 0 Å². The minimum absolute atomic E-state index is 0.555. The molecular formula is C13H28N2O2. The average Bonchev–Trinajstić information content (AvgIpc) is 2.85. The van der Waals surface area contributed by atoms with Crippen LogP contribution in [0.2, 0.25) is 0 Å². The molecule has 1 saturated heterocycles. The lowest BCUT2D eigenvalue weighted by Gasteiger charge is -2.28. The highest BCUT2D eigenvalue weighted by Gasteiger charge is 2.25. The zero-order chi connectivity index (χ0) is 12.5. The first-order chi connectivity index (χ1) is 8.27. The van der Waals surface area contributed by atoms with E-state index in [0.717, 1.165) is 39.5 Å². The molecule has 1 aliphatic rings. The molecule has 0 saturated carbocycles. The van der Waals surface area contributed by atoms with Gasteiger partial charge in [-0.1, -0.05) is 6.92 Å². The monoisotopic (exact) mass is 244 g/mol. The van der Waals surface area contributed by atoms with Gasteiger partial charge >= 0.3 is 0 Å². The molecule has 0 spiro atoms. The Morgan fingerprint density at radius 2 is 2.35 bits per heavy atom. The summed E-state index contributed by atoms with van der Waals surface area (Å²) in [6.07, 6.45) is 2.38. The number of likely N-dealkylation sites (N-methyl/N-ethyl adjacent to an activating group) is 1. The molecule has 2 atom stereocenters. The molecule has 0 amide bonds. The van der Waals surface area contributed by atoms with Crippen molar-refractivity contribution >= 4 is 0 Å². The molecule has 0 bridgehead atoms. The maximum Gasteiger partial charge on any atom is 0.0589 e. The molecule has 1 heterocycles. The van der Waals surface area contributed by atoms with Crippen LogP contribution in [0.1, 0.15) is 19.8 Å². The second kappa shape index (κ2) is 8.86. The standard InChI is InChI=1S/C13H28N2O2/c1-4-6-14-13(12-5-8-17-11-12)10-15(2)7-9-16-3/h12-14H,4-11H2,1-3H3. The fraction of sp³-hybridized carbons (Fsp3) is 1.00. The van der Waals surface area contributed by atoms with Crippen molar-refractivity contribution in [1.29, 1.82) is 0 Å². The quantitative estimate of drug-likeness (QED) is 0.655. The summed E-state index contributed by atoms with van der Waals surface area (Å²) in [7, 11) is 3.92. The molecule has 1 fully saturated rings. The highest BCUT2D eigenvalue weighted by molar-refractivity contribution is 4.81. The first kappa shape index (κ1) is 14.9. The summed E-state index contributed by atoms with van der Waals surface area (Å²) < 4.78 is 10.6. The SMILES string of the molecule is CCCNC(CN(C)CCOC)C1CCOC1. The molecule has 1 rings (SSSR count). The molecule has 0 aromatic rings. The number of hydrogen-bond donors (Lipinski definition) is 1. The summed E-state index contributed by atoms with van der Waals surface area (Å²) in [6, 6.07) is 0.555. The van der Waals surface area contributed by atoms with Crippen molar-refractivity contribution < 1.29 is 9.47 Å². The van der Waals surface area contributed by atoms with Crippen molar-refractivity contribution in [3.63, 3.8) is 0 Å². The van der Waals surface area contributed by atoms with E-state index < -0.39 is 0 Å². The fourth-order valence-corrected chi connectivity index (χ4v) is 2.25. The minimum atomic E-state index is 0.555. The van der Waals surface area contributed by atoms with Gasteiger partial charge in [0.25, 0.3) is 0 Å². The number of methoxy groups -OCH3 is 1. The van der Waals surface area contributed by atoms with E-state index in [4.69, 9.17) is 9.47 Å². The smallest absolute Gasteiger partial charge is 0.0589 e. The highest BCUT2D eigenvalue weighted by Crippen LogP contribution is 2.17. The summed E-state index contributed by atoms with van der Waals surface area (Å²) in [5.41, 5.74) is 0. The third kappa shape index (κ3) is 5.82. The lowest BCUT2D eigenvalue weighted by molar-refractivity contribution is 0.140. The summed E-state index contributed by atoms with van der Waals surface area (Å²) in [5, 5.41) is 3.66. The molecule has 0 radical (unpaired) electrons. The van der Waals surface area contributed by atoms with Gasteiger partial charge in [0.2, 0.25) is 0 Å². The molecule has 0 aliphatic carbocycles. The van der Waals surface area contributed by atoms with Crippen LogP contribution < -0.4 is 5.32 Å². The van der Waals surface area contributed by atoms with Crippen molar-refractivity contribution in [2.24, 2.45) is 5.92 Å². The van der Waals surface area contributed by atoms with E-state index in [-0.39, 0.29) is 0 Å². The third-order valence-corrected chi connectivity index (χ3v) is 3.38. The second-order valence-corrected chi connectivity index (χ2v) is 4.94. The van der Waals surface area contributed by atoms with Gasteiger partial charge in [-0.2, -0.15) is 0 Å². The van der Waals surface area contributed by atoms with Crippen LogP contribution in [0, 0.1) is 5.92 Å². The molecule has 0 aromatic heterocycles. The molecule has 0 aromatic carbocycles. The normalized spacial score (nSPS) is 22.2. The van der Waals surface area contributed by atoms with Gasteiger partial charge in [-0.3, -0.25) is 0 Å². The Kier molecular flexibility index (Phi) is 7.77. The number of rotatable bonds is 9. The van der Waals surface area contributed by atoms with Crippen molar-refractivity contribution in [3.05, 3.63) is 0 Å². The molecule has 102 valence electrons. The Labute approximate surface area is 106 Å². The maximum absolute atomic E-state index is 5.50. The fourth-order valence-electron chi connectivity index (χ4n) is 2.25. The van der Waals surface area contributed by atoms with E-state index in [1.807, 2.05) is 0 Å². The van der Waals surface area contributed by atoms with Crippen molar-refractivity contribution in [3.8, 4) is 0 Å². The van der Waals surface area contributed by atoms with Crippen LogP contribution in [0.3, 0.4) is 0 Å². The summed E-state index contributed by atoms with van der Waals surface area (Å²) in [5.74, 6) is 0.673. The predicted molar refractivity (Wildman–Crippen MR) is 70.4 cm³/mol. The van der Waals surface area contributed by atoms with Crippen LogP contribution >= 0.6 is 0 Å².